The van der Waals surface area contributed by atoms with Crippen LogP contribution in [0.15, 0.2) is 18.2 Å². The molecule has 0 bridgehead atoms. The Morgan fingerprint density at radius 3 is 2.88 bits per heavy atom. The van der Waals surface area contributed by atoms with Gasteiger partial charge in [0, 0.05) is 12.0 Å². The summed E-state index contributed by atoms with van der Waals surface area (Å²) in [5, 5.41) is 14.5. The van der Waals surface area contributed by atoms with Gasteiger partial charge in [-0.2, -0.15) is 0 Å². The molecule has 0 spiro atoms. The van der Waals surface area contributed by atoms with Crippen LogP contribution in [0.2, 0.25) is 10.0 Å². The number of benzene rings is 1. The monoisotopic (exact) mass is 271 g/mol. The van der Waals surface area contributed by atoms with E-state index in [1.165, 1.54) is 5.56 Å². The number of aliphatic hydroxyl groups is 1. The number of hydrogen-bond acceptors (Lipinski definition) is 2. The molecule has 4 heteroatoms. The minimum Gasteiger partial charge on any atom is -0.393 e. The summed E-state index contributed by atoms with van der Waals surface area (Å²) in [7, 11) is 0. The van der Waals surface area contributed by atoms with Gasteiger partial charge in [-0.05, 0) is 43.0 Å². The van der Waals surface area contributed by atoms with Gasteiger partial charge >= 0.3 is 0 Å². The van der Waals surface area contributed by atoms with Crippen LogP contribution in [0.4, 0.5) is 0 Å². The minimum atomic E-state index is -0.184. The van der Waals surface area contributed by atoms with E-state index in [2.05, 4.69) is 5.32 Å². The fraction of sp³-hybridized carbons (Fsp3) is 0.538. The molecule has 1 aliphatic carbocycles. The zero-order chi connectivity index (χ0) is 12.0. The van der Waals surface area contributed by atoms with Crippen molar-refractivity contribution in [2.75, 3.05) is 13.1 Å². The van der Waals surface area contributed by atoms with Crippen LogP contribution < -0.4 is 5.32 Å². The normalized spacial score (nSPS) is 36.2. The third kappa shape index (κ3) is 1.78. The van der Waals surface area contributed by atoms with Gasteiger partial charge in [-0.15, -0.1) is 0 Å². The fourth-order valence-electron chi connectivity index (χ4n) is 3.45. The van der Waals surface area contributed by atoms with Crippen molar-refractivity contribution >= 4 is 23.2 Å². The molecule has 1 aromatic rings. The number of hydrogen-bond donors (Lipinski definition) is 2. The van der Waals surface area contributed by atoms with Gasteiger partial charge in [0.05, 0.1) is 16.1 Å². The Balaban J connectivity index is 2.04. The molecule has 1 saturated carbocycles. The van der Waals surface area contributed by atoms with Crippen LogP contribution in [-0.4, -0.2) is 24.3 Å². The van der Waals surface area contributed by atoms with Crippen LogP contribution in [0.25, 0.3) is 0 Å². The van der Waals surface area contributed by atoms with Crippen LogP contribution in [0.1, 0.15) is 18.4 Å². The largest absolute Gasteiger partial charge is 0.393 e. The first-order valence-electron chi connectivity index (χ1n) is 5.96. The van der Waals surface area contributed by atoms with E-state index in [9.17, 15) is 5.11 Å². The molecule has 0 radical (unpaired) electrons. The van der Waals surface area contributed by atoms with Crippen molar-refractivity contribution in [1.82, 2.24) is 5.32 Å². The molecule has 1 unspecified atom stereocenters. The first kappa shape index (κ1) is 11.8. The van der Waals surface area contributed by atoms with E-state index in [-0.39, 0.29) is 11.5 Å². The van der Waals surface area contributed by atoms with Gasteiger partial charge < -0.3 is 10.4 Å². The summed E-state index contributed by atoms with van der Waals surface area (Å²) in [6.07, 6.45) is 1.52. The molecule has 2 nitrogen and oxygen atoms in total. The van der Waals surface area contributed by atoms with Gasteiger partial charge in [0.15, 0.2) is 0 Å². The van der Waals surface area contributed by atoms with Crippen molar-refractivity contribution in [1.29, 1.82) is 0 Å². The lowest BCUT2D eigenvalue weighted by Gasteiger charge is -2.29. The average molecular weight is 272 g/mol. The molecule has 17 heavy (non-hydrogen) atoms. The molecule has 1 aliphatic heterocycles. The van der Waals surface area contributed by atoms with Crippen molar-refractivity contribution in [2.45, 2.75) is 24.4 Å². The molecule has 3 atom stereocenters. The second-order valence-corrected chi connectivity index (χ2v) is 6.02. The second kappa shape index (κ2) is 4.13. The van der Waals surface area contributed by atoms with Gasteiger partial charge in [0.25, 0.3) is 0 Å². The molecular weight excluding hydrogens is 257 g/mol. The summed E-state index contributed by atoms with van der Waals surface area (Å²) in [5.41, 5.74) is 1.26. The van der Waals surface area contributed by atoms with Crippen molar-refractivity contribution in [2.24, 2.45) is 5.92 Å². The fourth-order valence-corrected chi connectivity index (χ4v) is 3.75. The number of halogens is 2. The summed E-state index contributed by atoms with van der Waals surface area (Å²) < 4.78 is 0. The summed E-state index contributed by atoms with van der Waals surface area (Å²) in [4.78, 5) is 0. The first-order valence-corrected chi connectivity index (χ1v) is 6.72. The highest BCUT2D eigenvalue weighted by Crippen LogP contribution is 2.48. The molecule has 1 saturated heterocycles. The molecule has 2 fully saturated rings. The number of fused-ring (bicyclic) bond motifs is 1. The summed E-state index contributed by atoms with van der Waals surface area (Å²) >= 11 is 12.1. The highest BCUT2D eigenvalue weighted by Gasteiger charge is 2.50. The third-order valence-corrected chi connectivity index (χ3v) is 5.00. The highest BCUT2D eigenvalue weighted by molar-refractivity contribution is 6.42. The van der Waals surface area contributed by atoms with Gasteiger partial charge in [0.2, 0.25) is 0 Å². The lowest BCUT2D eigenvalue weighted by Crippen LogP contribution is -2.31. The van der Waals surface area contributed by atoms with Crippen molar-refractivity contribution < 1.29 is 5.11 Å². The molecule has 92 valence electrons. The van der Waals surface area contributed by atoms with E-state index < -0.39 is 0 Å². The predicted molar refractivity (Wildman–Crippen MR) is 69.7 cm³/mol. The van der Waals surface area contributed by atoms with Crippen LogP contribution in [0.5, 0.6) is 0 Å². The topological polar surface area (TPSA) is 32.3 Å². The van der Waals surface area contributed by atoms with E-state index in [1.807, 2.05) is 18.2 Å². The number of nitrogens with one attached hydrogen (secondary N) is 1. The van der Waals surface area contributed by atoms with Crippen LogP contribution in [-0.2, 0) is 5.41 Å². The molecule has 2 aliphatic rings. The standard InChI is InChI=1S/C13H15Cl2NO/c14-11-2-1-8(4-12(11)15)13-5-10(17)3-9(13)6-16-7-13/h1-2,4,9-10,16-17H,3,5-7H2/t9-,10?,13+/m1/s1. The summed E-state index contributed by atoms with van der Waals surface area (Å²) in [5.74, 6) is 0.509. The van der Waals surface area contributed by atoms with E-state index in [0.29, 0.717) is 16.0 Å². The van der Waals surface area contributed by atoms with Gasteiger partial charge in [-0.1, -0.05) is 29.3 Å². The molecule has 1 heterocycles. The molecule has 3 rings (SSSR count). The zero-order valence-corrected chi connectivity index (χ0v) is 10.9. The van der Waals surface area contributed by atoms with Gasteiger partial charge in [0.1, 0.15) is 0 Å². The van der Waals surface area contributed by atoms with Crippen LogP contribution in [0, 0.1) is 5.92 Å². The molecular formula is C13H15Cl2NO. The van der Waals surface area contributed by atoms with E-state index in [0.717, 1.165) is 25.9 Å². The van der Waals surface area contributed by atoms with Gasteiger partial charge in [-0.25, -0.2) is 0 Å². The Bertz CT molecular complexity index is 451. The molecule has 0 aromatic heterocycles. The van der Waals surface area contributed by atoms with E-state index in [4.69, 9.17) is 23.2 Å². The predicted octanol–water partition coefficient (Wildman–Crippen LogP) is 2.61. The first-order chi connectivity index (χ1) is 8.12. The quantitative estimate of drug-likeness (QED) is 0.823. The highest BCUT2D eigenvalue weighted by atomic mass is 35.5. The number of rotatable bonds is 1. The molecule has 0 amide bonds. The Morgan fingerprint density at radius 2 is 2.12 bits per heavy atom. The molecule has 1 aromatic carbocycles. The minimum absolute atomic E-state index is 0.0493. The van der Waals surface area contributed by atoms with Gasteiger partial charge in [-0.3, -0.25) is 0 Å². The maximum atomic E-state index is 9.90. The maximum absolute atomic E-state index is 9.90. The van der Waals surface area contributed by atoms with Crippen molar-refractivity contribution in [3.63, 3.8) is 0 Å². The van der Waals surface area contributed by atoms with Crippen LogP contribution in [0.3, 0.4) is 0 Å². The van der Waals surface area contributed by atoms with Crippen molar-refractivity contribution in [3.8, 4) is 0 Å². The maximum Gasteiger partial charge on any atom is 0.0595 e. The summed E-state index contributed by atoms with van der Waals surface area (Å²) in [6.45, 7) is 1.91. The zero-order valence-electron chi connectivity index (χ0n) is 9.42. The van der Waals surface area contributed by atoms with Crippen LogP contribution >= 0.6 is 23.2 Å². The SMILES string of the molecule is OC1C[C@@H]2CNC[C@]2(c2ccc(Cl)c(Cl)c2)C1. The smallest absolute Gasteiger partial charge is 0.0595 e. The lowest BCUT2D eigenvalue weighted by molar-refractivity contribution is 0.170. The van der Waals surface area contributed by atoms with E-state index >= 15 is 0 Å². The third-order valence-electron chi connectivity index (χ3n) is 4.26. The number of aliphatic hydroxyl groups excluding tert-OH is 1. The Kier molecular flexibility index (Phi) is 2.86. The molecule has 2 N–H and O–H groups in total. The second-order valence-electron chi connectivity index (χ2n) is 5.21. The average Bonchev–Trinajstić information content (AvgIpc) is 2.78. The van der Waals surface area contributed by atoms with E-state index in [1.54, 1.807) is 0 Å². The summed E-state index contributed by atoms with van der Waals surface area (Å²) in [6, 6.07) is 5.86. The van der Waals surface area contributed by atoms with Crippen molar-refractivity contribution in [3.05, 3.63) is 33.8 Å². The Hall–Kier alpha value is -0.280. The lowest BCUT2D eigenvalue weighted by atomic mass is 9.74. The Morgan fingerprint density at radius 1 is 1.29 bits per heavy atom. The Labute approximate surface area is 111 Å².